The van der Waals surface area contributed by atoms with E-state index < -0.39 is 0 Å². The third-order valence-corrected chi connectivity index (χ3v) is 3.35. The quantitative estimate of drug-likeness (QED) is 0.337. The van der Waals surface area contributed by atoms with E-state index in [0.29, 0.717) is 31.5 Å². The van der Waals surface area contributed by atoms with Gasteiger partial charge in [0.05, 0.1) is 0 Å². The highest BCUT2D eigenvalue weighted by Crippen LogP contribution is 2.01. The van der Waals surface area contributed by atoms with Gasteiger partial charge in [0.1, 0.15) is 0 Å². The molecule has 176 valence electrons. The van der Waals surface area contributed by atoms with Crippen molar-refractivity contribution in [2.45, 2.75) is 113 Å². The summed E-state index contributed by atoms with van der Waals surface area (Å²) in [5, 5.41) is 16.8. The number of amides is 1. The van der Waals surface area contributed by atoms with Crippen molar-refractivity contribution in [3.63, 3.8) is 0 Å². The lowest BCUT2D eigenvalue weighted by molar-refractivity contribution is -0.118. The summed E-state index contributed by atoms with van der Waals surface area (Å²) in [5.74, 6) is 1.95. The number of aliphatic hydroxyl groups is 2. The number of hydrogen-bond donors (Lipinski definition) is 4. The predicted molar refractivity (Wildman–Crippen MR) is 131 cm³/mol. The first-order valence-corrected chi connectivity index (χ1v) is 11.6. The Morgan fingerprint density at radius 3 is 1.14 bits per heavy atom. The smallest absolute Gasteiger partial charge is 0.217 e. The minimum Gasteiger partial charge on any atom is -0.396 e. The summed E-state index contributed by atoms with van der Waals surface area (Å²) >= 11 is 4.06. The molecule has 0 saturated carbocycles. The number of aliphatic hydroxyl groups excluding tert-OH is 2. The Morgan fingerprint density at radius 1 is 0.786 bits per heavy atom. The number of hydrogen-bond acceptors (Lipinski definition) is 4. The number of thiol groups is 1. The van der Waals surface area contributed by atoms with Gasteiger partial charge in [-0.25, -0.2) is 0 Å². The molecule has 4 N–H and O–H groups in total. The molecule has 0 saturated heterocycles. The van der Waals surface area contributed by atoms with E-state index >= 15 is 0 Å². The third kappa shape index (κ3) is 83.5. The fraction of sp³-hybridized carbons (Fsp3) is 0.957. The Bertz CT molecular complexity index is 234. The van der Waals surface area contributed by atoms with Gasteiger partial charge < -0.3 is 15.9 Å². The van der Waals surface area contributed by atoms with Gasteiger partial charge in [-0.05, 0) is 42.3 Å². The summed E-state index contributed by atoms with van der Waals surface area (Å²) in [7, 11) is 0. The molecule has 0 aliphatic heterocycles. The number of carbonyl (C=O) groups excluding carboxylic acids is 1. The average Bonchev–Trinajstić information content (AvgIpc) is 2.56. The number of primary amides is 1. The molecule has 28 heavy (non-hydrogen) atoms. The molecule has 4 nitrogen and oxygen atoms in total. The van der Waals surface area contributed by atoms with Gasteiger partial charge in [0, 0.05) is 19.6 Å². The summed E-state index contributed by atoms with van der Waals surface area (Å²) in [4.78, 5) is 10.1. The van der Waals surface area contributed by atoms with E-state index in [2.05, 4.69) is 61.1 Å². The van der Waals surface area contributed by atoms with Crippen molar-refractivity contribution in [3.05, 3.63) is 0 Å². The van der Waals surface area contributed by atoms with Crippen LogP contribution < -0.4 is 5.73 Å². The van der Waals surface area contributed by atoms with Crippen molar-refractivity contribution in [2.24, 2.45) is 23.5 Å². The number of nitrogens with two attached hydrogens (primary N) is 1. The average molecular weight is 426 g/mol. The van der Waals surface area contributed by atoms with Crippen LogP contribution in [0.25, 0.3) is 0 Å². The molecule has 1 atom stereocenters. The first kappa shape index (κ1) is 38.4. The second-order valence-electron chi connectivity index (χ2n) is 7.85. The maximum atomic E-state index is 10.1. The second-order valence-corrected chi connectivity index (χ2v) is 8.73. The van der Waals surface area contributed by atoms with Crippen LogP contribution in [0.1, 0.15) is 108 Å². The SMILES string of the molecule is CC.CC(C)CCO.CC(C)CCO.CC(S)CCC(N)=O.CCCC(C)C. The van der Waals surface area contributed by atoms with Crippen LogP contribution in [-0.4, -0.2) is 34.6 Å². The first-order valence-electron chi connectivity index (χ1n) is 11.1. The van der Waals surface area contributed by atoms with Crippen LogP contribution in [0.3, 0.4) is 0 Å². The minimum absolute atomic E-state index is 0.245. The van der Waals surface area contributed by atoms with Gasteiger partial charge in [0.15, 0.2) is 0 Å². The summed E-state index contributed by atoms with van der Waals surface area (Å²) in [5.41, 5.74) is 4.87. The molecule has 0 spiro atoms. The Balaban J connectivity index is -0.0000000821. The number of carbonyl (C=O) groups is 1. The Labute approximate surface area is 183 Å². The summed E-state index contributed by atoms with van der Waals surface area (Å²) < 4.78 is 0. The Morgan fingerprint density at radius 2 is 1.11 bits per heavy atom. The van der Waals surface area contributed by atoms with E-state index in [0.717, 1.165) is 25.2 Å². The predicted octanol–water partition coefficient (Wildman–Crippen LogP) is 6.09. The van der Waals surface area contributed by atoms with E-state index in [9.17, 15) is 4.79 Å². The van der Waals surface area contributed by atoms with E-state index in [-0.39, 0.29) is 11.2 Å². The lowest BCUT2D eigenvalue weighted by Gasteiger charge is -1.97. The molecule has 0 heterocycles. The molecule has 1 unspecified atom stereocenters. The van der Waals surface area contributed by atoms with Gasteiger partial charge in [-0.1, -0.05) is 82.1 Å². The largest absolute Gasteiger partial charge is 0.396 e. The molecule has 0 bridgehead atoms. The molecule has 0 radical (unpaired) electrons. The van der Waals surface area contributed by atoms with Crippen LogP contribution in [0, 0.1) is 17.8 Å². The molecule has 0 aromatic rings. The van der Waals surface area contributed by atoms with E-state index in [1.165, 1.54) is 12.8 Å². The van der Waals surface area contributed by atoms with Crippen LogP contribution >= 0.6 is 12.6 Å². The van der Waals surface area contributed by atoms with E-state index in [1.807, 2.05) is 20.8 Å². The van der Waals surface area contributed by atoms with Gasteiger partial charge in [0.2, 0.25) is 5.91 Å². The van der Waals surface area contributed by atoms with E-state index in [1.54, 1.807) is 0 Å². The zero-order valence-corrected chi connectivity index (χ0v) is 21.7. The minimum atomic E-state index is -0.245. The van der Waals surface area contributed by atoms with Crippen molar-refractivity contribution < 1.29 is 15.0 Å². The molecular weight excluding hydrogens is 370 g/mol. The first-order chi connectivity index (χ1) is 12.9. The molecule has 5 heteroatoms. The molecule has 0 rings (SSSR count). The monoisotopic (exact) mass is 425 g/mol. The Hall–Kier alpha value is -0.260. The van der Waals surface area contributed by atoms with Crippen LogP contribution in [0.2, 0.25) is 0 Å². The van der Waals surface area contributed by atoms with Gasteiger partial charge in [-0.2, -0.15) is 12.6 Å². The summed E-state index contributed by atoms with van der Waals surface area (Å²) in [6.45, 7) is 21.7. The number of rotatable bonds is 9. The molecule has 0 aromatic heterocycles. The highest BCUT2D eigenvalue weighted by Gasteiger charge is 1.96. The van der Waals surface area contributed by atoms with E-state index in [4.69, 9.17) is 15.9 Å². The van der Waals surface area contributed by atoms with Crippen LogP contribution in [0.4, 0.5) is 0 Å². The second kappa shape index (κ2) is 34.3. The lowest BCUT2D eigenvalue weighted by Crippen LogP contribution is -2.11. The normalized spacial score (nSPS) is 10.4. The molecule has 0 aliphatic rings. The molecule has 1 amide bonds. The van der Waals surface area contributed by atoms with Gasteiger partial charge >= 0.3 is 0 Å². The fourth-order valence-corrected chi connectivity index (χ4v) is 1.57. The van der Waals surface area contributed by atoms with Crippen molar-refractivity contribution in [2.75, 3.05) is 13.2 Å². The highest BCUT2D eigenvalue weighted by atomic mass is 32.1. The molecular formula is C23H55NO3S. The van der Waals surface area contributed by atoms with Gasteiger partial charge in [0.25, 0.3) is 0 Å². The van der Waals surface area contributed by atoms with Gasteiger partial charge in [-0.3, -0.25) is 4.79 Å². The lowest BCUT2D eigenvalue weighted by atomic mass is 10.1. The molecule has 0 fully saturated rings. The third-order valence-electron chi connectivity index (χ3n) is 3.09. The van der Waals surface area contributed by atoms with Crippen molar-refractivity contribution in [3.8, 4) is 0 Å². The van der Waals surface area contributed by atoms with Crippen LogP contribution in [0.15, 0.2) is 0 Å². The maximum Gasteiger partial charge on any atom is 0.217 e. The molecule has 0 aromatic carbocycles. The fourth-order valence-electron chi connectivity index (χ4n) is 1.44. The van der Waals surface area contributed by atoms with Crippen molar-refractivity contribution in [1.82, 2.24) is 0 Å². The Kier molecular flexibility index (Phi) is 46.9. The van der Waals surface area contributed by atoms with Crippen molar-refractivity contribution >= 4 is 18.5 Å². The summed E-state index contributed by atoms with van der Waals surface area (Å²) in [6.07, 6.45) is 5.79. The van der Waals surface area contributed by atoms with Crippen LogP contribution in [-0.2, 0) is 4.79 Å². The highest BCUT2D eigenvalue weighted by molar-refractivity contribution is 7.80. The summed E-state index contributed by atoms with van der Waals surface area (Å²) in [6, 6.07) is 0. The van der Waals surface area contributed by atoms with Crippen LogP contribution in [0.5, 0.6) is 0 Å². The molecule has 0 aliphatic carbocycles. The van der Waals surface area contributed by atoms with Crippen molar-refractivity contribution in [1.29, 1.82) is 0 Å². The zero-order valence-electron chi connectivity index (χ0n) is 20.8. The topological polar surface area (TPSA) is 83.6 Å². The zero-order chi connectivity index (χ0) is 23.5. The standard InChI is InChI=1S/C6H14.C5H11NOS.2C5H12O.C2H6/c1-4-5-6(2)3;1-4(8)2-3-5(6)7;2*1-5(2)3-4-6;1-2/h6H,4-5H2,1-3H3;4,8H,2-3H2,1H3,(H2,6,7);2*5-6H,3-4H2,1-2H3;1-2H3. The maximum absolute atomic E-state index is 10.1. The van der Waals surface area contributed by atoms with Gasteiger partial charge in [-0.15, -0.1) is 0 Å².